The molecule has 1 aromatic carbocycles. The molecule has 0 radical (unpaired) electrons. The maximum absolute atomic E-state index is 13.9. The van der Waals surface area contributed by atoms with Crippen LogP contribution in [0.5, 0.6) is 0 Å². The van der Waals surface area contributed by atoms with Gasteiger partial charge in [0.1, 0.15) is 17.2 Å². The summed E-state index contributed by atoms with van der Waals surface area (Å²) in [4.78, 5) is 25.3. The van der Waals surface area contributed by atoms with Crippen molar-refractivity contribution in [1.82, 2.24) is 24.2 Å². The predicted molar refractivity (Wildman–Crippen MR) is 147 cm³/mol. The third-order valence-corrected chi connectivity index (χ3v) is 6.73. The molecule has 0 aliphatic carbocycles. The molecule has 1 aliphatic rings. The average molecular weight is 548 g/mol. The second-order valence-corrected chi connectivity index (χ2v) is 9.41. The number of urea groups is 1. The number of nitrogens with one attached hydrogen (secondary N) is 2. The van der Waals surface area contributed by atoms with E-state index < -0.39 is 17.8 Å². The van der Waals surface area contributed by atoms with Gasteiger partial charge >= 0.3 is 12.2 Å². The Labute approximate surface area is 229 Å². The van der Waals surface area contributed by atoms with E-state index in [1.54, 1.807) is 18.3 Å². The quantitative estimate of drug-likeness (QED) is 0.347. The van der Waals surface area contributed by atoms with Crippen molar-refractivity contribution in [3.63, 3.8) is 0 Å². The Kier molecular flexibility index (Phi) is 8.00. The maximum atomic E-state index is 13.9. The van der Waals surface area contributed by atoms with Crippen LogP contribution >= 0.6 is 0 Å². The van der Waals surface area contributed by atoms with Gasteiger partial charge in [-0.3, -0.25) is 14.6 Å². The highest BCUT2D eigenvalue weighted by Gasteiger charge is 2.34. The molecule has 0 spiro atoms. The number of imidazole rings is 1. The number of pyridine rings is 2. The lowest BCUT2D eigenvalue weighted by Crippen LogP contribution is -2.45. The largest absolute Gasteiger partial charge is 0.416 e. The lowest BCUT2D eigenvalue weighted by molar-refractivity contribution is -0.138. The van der Waals surface area contributed by atoms with Crippen LogP contribution in [0.15, 0.2) is 67.1 Å². The highest BCUT2D eigenvalue weighted by Crippen LogP contribution is 2.34. The molecule has 1 aliphatic heterocycles. The molecule has 3 aromatic heterocycles. The van der Waals surface area contributed by atoms with Crippen molar-refractivity contribution < 1.29 is 18.0 Å². The van der Waals surface area contributed by atoms with Crippen LogP contribution in [0, 0.1) is 11.8 Å². The summed E-state index contributed by atoms with van der Waals surface area (Å²) >= 11 is 0. The minimum Gasteiger partial charge on any atom is -0.308 e. The van der Waals surface area contributed by atoms with Crippen molar-refractivity contribution in [1.29, 1.82) is 0 Å². The smallest absolute Gasteiger partial charge is 0.308 e. The molecule has 1 fully saturated rings. The summed E-state index contributed by atoms with van der Waals surface area (Å²) in [6.45, 7) is 6.29. The SMILES string of the molecule is CCN1CCN(Cc2ccc(NC(=O)Nc3cc(C#Cc4cnc5ccccn45)ccn3)cc2C(F)(F)F)CC1. The molecule has 1 saturated heterocycles. The van der Waals surface area contributed by atoms with Gasteiger partial charge in [0.05, 0.1) is 11.8 Å². The van der Waals surface area contributed by atoms with E-state index in [9.17, 15) is 18.0 Å². The maximum Gasteiger partial charge on any atom is 0.416 e. The number of amides is 2. The Hall–Kier alpha value is -4.40. The number of piperazine rings is 1. The summed E-state index contributed by atoms with van der Waals surface area (Å²) in [5.74, 6) is 6.27. The monoisotopic (exact) mass is 547 g/mol. The number of benzene rings is 1. The number of aromatic nitrogens is 3. The predicted octanol–water partition coefficient (Wildman–Crippen LogP) is 4.93. The van der Waals surface area contributed by atoms with Crippen LogP contribution in [0.25, 0.3) is 5.65 Å². The number of rotatable bonds is 5. The first kappa shape index (κ1) is 27.2. The number of halogens is 3. The van der Waals surface area contributed by atoms with Crippen molar-refractivity contribution in [2.75, 3.05) is 43.4 Å². The van der Waals surface area contributed by atoms with Gasteiger partial charge in [-0.05, 0) is 54.4 Å². The summed E-state index contributed by atoms with van der Waals surface area (Å²) < 4.78 is 43.6. The van der Waals surface area contributed by atoms with Gasteiger partial charge in [-0.1, -0.05) is 25.0 Å². The lowest BCUT2D eigenvalue weighted by atomic mass is 10.0. The molecule has 0 saturated carbocycles. The first-order chi connectivity index (χ1) is 19.3. The number of likely N-dealkylation sites (N-methyl/N-ethyl adjacent to an activating group) is 1. The van der Waals surface area contributed by atoms with Crippen molar-refractivity contribution in [3.8, 4) is 11.8 Å². The first-order valence-electron chi connectivity index (χ1n) is 12.9. The summed E-state index contributed by atoms with van der Waals surface area (Å²) in [6.07, 6.45) is 0.471. The number of carbonyl (C=O) groups is 1. The molecule has 2 amide bonds. The van der Waals surface area contributed by atoms with E-state index >= 15 is 0 Å². The van der Waals surface area contributed by atoms with E-state index in [4.69, 9.17) is 0 Å². The van der Waals surface area contributed by atoms with Crippen LogP contribution in [-0.2, 0) is 12.7 Å². The zero-order valence-corrected chi connectivity index (χ0v) is 21.9. The first-order valence-corrected chi connectivity index (χ1v) is 12.9. The number of hydrogen-bond donors (Lipinski definition) is 2. The molecule has 40 heavy (non-hydrogen) atoms. The molecular formula is C29H28F3N7O. The number of anilines is 2. The molecule has 2 N–H and O–H groups in total. The second-order valence-electron chi connectivity index (χ2n) is 9.41. The third kappa shape index (κ3) is 6.59. The van der Waals surface area contributed by atoms with Crippen LogP contribution in [0.4, 0.5) is 29.5 Å². The van der Waals surface area contributed by atoms with Gasteiger partial charge in [0.15, 0.2) is 0 Å². The van der Waals surface area contributed by atoms with Crippen LogP contribution in [0.3, 0.4) is 0 Å². The van der Waals surface area contributed by atoms with Gasteiger partial charge in [-0.15, -0.1) is 0 Å². The molecule has 11 heteroatoms. The highest BCUT2D eigenvalue weighted by atomic mass is 19.4. The number of nitrogens with zero attached hydrogens (tertiary/aromatic N) is 5. The fourth-order valence-electron chi connectivity index (χ4n) is 4.58. The number of fused-ring (bicyclic) bond motifs is 1. The molecule has 8 nitrogen and oxygen atoms in total. The minimum absolute atomic E-state index is 0.0351. The summed E-state index contributed by atoms with van der Waals surface area (Å²) in [6, 6.07) is 12.1. The van der Waals surface area contributed by atoms with Crippen LogP contribution in [0.2, 0.25) is 0 Å². The van der Waals surface area contributed by atoms with Gasteiger partial charge in [0, 0.05) is 56.4 Å². The van der Waals surface area contributed by atoms with E-state index in [1.807, 2.05) is 33.7 Å². The topological polar surface area (TPSA) is 77.8 Å². The molecule has 0 unspecified atom stereocenters. The Morgan fingerprint density at radius 3 is 2.55 bits per heavy atom. The number of carbonyl (C=O) groups excluding carboxylic acids is 1. The van der Waals surface area contributed by atoms with Crippen LogP contribution in [-0.4, -0.2) is 62.9 Å². The molecule has 4 aromatic rings. The Morgan fingerprint density at radius 2 is 1.77 bits per heavy atom. The number of hydrogen-bond acceptors (Lipinski definition) is 5. The summed E-state index contributed by atoms with van der Waals surface area (Å²) in [5.41, 5.74) is 1.53. The van der Waals surface area contributed by atoms with Crippen LogP contribution < -0.4 is 10.6 Å². The Balaban J connectivity index is 1.25. The summed E-state index contributed by atoms with van der Waals surface area (Å²) in [5, 5.41) is 5.04. The van der Waals surface area contributed by atoms with Gasteiger partial charge < -0.3 is 10.2 Å². The molecule has 206 valence electrons. The van der Waals surface area contributed by atoms with E-state index in [0.717, 1.165) is 31.3 Å². The van der Waals surface area contributed by atoms with Gasteiger partial charge in [-0.2, -0.15) is 13.2 Å². The van der Waals surface area contributed by atoms with E-state index in [1.165, 1.54) is 18.3 Å². The minimum atomic E-state index is -4.55. The zero-order chi connectivity index (χ0) is 28.1. The molecule has 5 rings (SSSR count). The Bertz CT molecular complexity index is 1560. The van der Waals surface area contributed by atoms with Crippen molar-refractivity contribution >= 4 is 23.2 Å². The van der Waals surface area contributed by atoms with Crippen molar-refractivity contribution in [2.24, 2.45) is 0 Å². The average Bonchev–Trinajstić information content (AvgIpc) is 3.36. The van der Waals surface area contributed by atoms with Gasteiger partial charge in [0.25, 0.3) is 0 Å². The molecule has 0 bridgehead atoms. The number of alkyl halides is 3. The summed E-state index contributed by atoms with van der Waals surface area (Å²) in [7, 11) is 0. The molecule has 0 atom stereocenters. The fourth-order valence-corrected chi connectivity index (χ4v) is 4.58. The van der Waals surface area contributed by atoms with E-state index in [0.29, 0.717) is 24.3 Å². The third-order valence-electron chi connectivity index (χ3n) is 6.73. The van der Waals surface area contributed by atoms with Gasteiger partial charge in [-0.25, -0.2) is 14.8 Å². The van der Waals surface area contributed by atoms with Crippen molar-refractivity contribution in [2.45, 2.75) is 19.6 Å². The fraction of sp³-hybridized carbons (Fsp3) is 0.276. The van der Waals surface area contributed by atoms with E-state index in [-0.39, 0.29) is 23.6 Å². The molecular weight excluding hydrogens is 519 g/mol. The standard InChI is InChI=1S/C29H28F3N7O/c1-2-37-13-15-38(16-14-37)20-22-7-8-23(18-25(22)29(30,31)32)35-28(40)36-26-17-21(10-11-33-26)6-9-24-19-34-27-5-3-4-12-39(24)27/h3-5,7-8,10-12,17-19H,2,13-16,20H2,1H3,(H2,33,35,36,40). The van der Waals surface area contributed by atoms with Crippen LogP contribution in [0.1, 0.15) is 29.3 Å². The van der Waals surface area contributed by atoms with E-state index in [2.05, 4.69) is 44.3 Å². The van der Waals surface area contributed by atoms with Gasteiger partial charge in [0.2, 0.25) is 0 Å². The second kappa shape index (κ2) is 11.8. The van der Waals surface area contributed by atoms with Crippen molar-refractivity contribution in [3.05, 3.63) is 89.5 Å². The lowest BCUT2D eigenvalue weighted by Gasteiger charge is -2.34. The zero-order valence-electron chi connectivity index (χ0n) is 21.9. The highest BCUT2D eigenvalue weighted by molar-refractivity contribution is 5.99. The molecule has 4 heterocycles. The Morgan fingerprint density at radius 1 is 0.975 bits per heavy atom. The normalized spacial score (nSPS) is 14.5.